The molecule has 0 aromatic carbocycles. The molecule has 0 aliphatic rings. The van der Waals surface area contributed by atoms with E-state index in [4.69, 9.17) is 5.73 Å². The van der Waals surface area contributed by atoms with E-state index in [1.54, 1.807) is 0 Å². The van der Waals surface area contributed by atoms with Gasteiger partial charge in [-0.1, -0.05) is 21.5 Å². The molecule has 0 saturated heterocycles. The van der Waals surface area contributed by atoms with Gasteiger partial charge in [-0.25, -0.2) is 0 Å². The zero-order valence-electron chi connectivity index (χ0n) is 6.95. The van der Waals surface area contributed by atoms with E-state index >= 15 is 0 Å². The van der Waals surface area contributed by atoms with Crippen LogP contribution >= 0.6 is 15.9 Å². The summed E-state index contributed by atoms with van der Waals surface area (Å²) < 4.78 is 1.30. The second-order valence-corrected chi connectivity index (χ2v) is 3.88. The fraction of sp³-hybridized carbons (Fsp3) is 0.750. The number of halogens is 1. The fourth-order valence-electron chi connectivity index (χ4n) is 0.604. The number of nitrogens with two attached hydrogens (primary N) is 1. The van der Waals surface area contributed by atoms with Crippen molar-refractivity contribution in [2.45, 2.75) is 39.7 Å². The Morgan fingerprint density at radius 3 is 2.30 bits per heavy atom. The van der Waals surface area contributed by atoms with Gasteiger partial charge in [-0.2, -0.15) is 0 Å². The van der Waals surface area contributed by atoms with E-state index in [0.29, 0.717) is 6.04 Å². The van der Waals surface area contributed by atoms with Crippen molar-refractivity contribution in [3.8, 4) is 0 Å². The second-order valence-electron chi connectivity index (χ2n) is 2.92. The lowest BCUT2D eigenvalue weighted by Crippen LogP contribution is -2.13. The lowest BCUT2D eigenvalue weighted by Gasteiger charge is -2.04. The average molecular weight is 206 g/mol. The molecule has 1 unspecified atom stereocenters. The smallest absolute Gasteiger partial charge is 0.00138 e. The molecular weight excluding hydrogens is 190 g/mol. The molecule has 0 amide bonds. The van der Waals surface area contributed by atoms with Crippen molar-refractivity contribution in [1.82, 2.24) is 0 Å². The number of hydrogen-bond acceptors (Lipinski definition) is 1. The van der Waals surface area contributed by atoms with Gasteiger partial charge in [-0.15, -0.1) is 0 Å². The van der Waals surface area contributed by atoms with Gasteiger partial charge in [0.1, 0.15) is 0 Å². The van der Waals surface area contributed by atoms with Crippen LogP contribution in [0.15, 0.2) is 10.1 Å². The van der Waals surface area contributed by atoms with E-state index in [1.165, 1.54) is 10.1 Å². The van der Waals surface area contributed by atoms with Crippen LogP contribution in [0.25, 0.3) is 0 Å². The van der Waals surface area contributed by atoms with Gasteiger partial charge in [-0.3, -0.25) is 0 Å². The first kappa shape index (κ1) is 10.2. The van der Waals surface area contributed by atoms with Gasteiger partial charge in [0, 0.05) is 6.04 Å². The predicted molar refractivity (Wildman–Crippen MR) is 50.2 cm³/mol. The zero-order chi connectivity index (χ0) is 8.15. The summed E-state index contributed by atoms with van der Waals surface area (Å²) >= 11 is 3.49. The molecule has 1 nitrogen and oxygen atoms in total. The molecule has 0 heterocycles. The first-order valence-corrected chi connectivity index (χ1v) is 4.40. The van der Waals surface area contributed by atoms with Crippen molar-refractivity contribution in [2.75, 3.05) is 0 Å². The second kappa shape index (κ2) is 4.91. The molecule has 0 aliphatic heterocycles. The summed E-state index contributed by atoms with van der Waals surface area (Å²) in [6, 6.07) is 0.312. The van der Waals surface area contributed by atoms with E-state index in [9.17, 15) is 0 Å². The monoisotopic (exact) mass is 205 g/mol. The summed E-state index contributed by atoms with van der Waals surface area (Å²) in [5.74, 6) is 0. The predicted octanol–water partition coefficient (Wildman–Crippen LogP) is 2.80. The molecule has 0 saturated carbocycles. The first-order chi connectivity index (χ1) is 4.54. The molecule has 0 rings (SSSR count). The summed E-state index contributed by atoms with van der Waals surface area (Å²) in [4.78, 5) is 0. The third-order valence-electron chi connectivity index (χ3n) is 1.36. The maximum absolute atomic E-state index is 5.60. The van der Waals surface area contributed by atoms with E-state index in [0.717, 1.165) is 12.8 Å². The van der Waals surface area contributed by atoms with Gasteiger partial charge in [0.2, 0.25) is 0 Å². The van der Waals surface area contributed by atoms with Gasteiger partial charge in [0.05, 0.1) is 0 Å². The van der Waals surface area contributed by atoms with Crippen molar-refractivity contribution in [3.05, 3.63) is 10.1 Å². The number of rotatable bonds is 3. The Morgan fingerprint density at radius 1 is 1.50 bits per heavy atom. The highest BCUT2D eigenvalue weighted by atomic mass is 79.9. The van der Waals surface area contributed by atoms with Crippen LogP contribution in [0.1, 0.15) is 33.6 Å². The normalized spacial score (nSPS) is 12.9. The molecular formula is C8H16BrN. The highest BCUT2D eigenvalue weighted by Gasteiger charge is 1.97. The molecule has 0 bridgehead atoms. The van der Waals surface area contributed by atoms with Crippen LogP contribution in [-0.4, -0.2) is 6.04 Å². The Labute approximate surface area is 71.8 Å². The van der Waals surface area contributed by atoms with E-state index in [1.807, 2.05) is 6.92 Å². The maximum atomic E-state index is 5.60. The molecule has 0 fully saturated rings. The van der Waals surface area contributed by atoms with Crippen molar-refractivity contribution >= 4 is 15.9 Å². The lowest BCUT2D eigenvalue weighted by atomic mass is 10.1. The third-order valence-corrected chi connectivity index (χ3v) is 2.55. The Morgan fingerprint density at radius 2 is 2.00 bits per heavy atom. The Bertz CT molecular complexity index is 123. The first-order valence-electron chi connectivity index (χ1n) is 3.61. The van der Waals surface area contributed by atoms with Crippen molar-refractivity contribution in [3.63, 3.8) is 0 Å². The zero-order valence-corrected chi connectivity index (χ0v) is 8.53. The van der Waals surface area contributed by atoms with E-state index in [2.05, 4.69) is 29.8 Å². The van der Waals surface area contributed by atoms with Gasteiger partial charge in [0.15, 0.2) is 0 Å². The van der Waals surface area contributed by atoms with Gasteiger partial charge < -0.3 is 5.73 Å². The lowest BCUT2D eigenvalue weighted by molar-refractivity contribution is 0.672. The van der Waals surface area contributed by atoms with Gasteiger partial charge in [0.25, 0.3) is 0 Å². The van der Waals surface area contributed by atoms with Gasteiger partial charge >= 0.3 is 0 Å². The maximum Gasteiger partial charge on any atom is 0.00138 e. The highest BCUT2D eigenvalue weighted by molar-refractivity contribution is 9.11. The summed E-state index contributed by atoms with van der Waals surface area (Å²) in [7, 11) is 0. The number of allylic oxidation sites excluding steroid dienone is 2. The molecule has 0 aromatic rings. The van der Waals surface area contributed by atoms with Gasteiger partial charge in [-0.05, 0) is 38.1 Å². The van der Waals surface area contributed by atoms with Crippen LogP contribution in [0.2, 0.25) is 0 Å². The van der Waals surface area contributed by atoms with Crippen LogP contribution in [0, 0.1) is 0 Å². The molecule has 1 atom stereocenters. The minimum absolute atomic E-state index is 0.312. The minimum atomic E-state index is 0.312. The fourth-order valence-corrected chi connectivity index (χ4v) is 0.833. The Hall–Kier alpha value is 0.180. The molecule has 0 radical (unpaired) electrons. The Balaban J connectivity index is 3.60. The molecule has 2 N–H and O–H groups in total. The van der Waals surface area contributed by atoms with Crippen molar-refractivity contribution in [1.29, 1.82) is 0 Å². The van der Waals surface area contributed by atoms with Crippen LogP contribution in [0.3, 0.4) is 0 Å². The third kappa shape index (κ3) is 5.00. The van der Waals surface area contributed by atoms with Crippen LogP contribution in [-0.2, 0) is 0 Å². The van der Waals surface area contributed by atoms with Crippen molar-refractivity contribution in [2.24, 2.45) is 5.73 Å². The number of hydrogen-bond donors (Lipinski definition) is 1. The van der Waals surface area contributed by atoms with E-state index in [-0.39, 0.29) is 0 Å². The standard InChI is InChI=1S/C8H16BrN/c1-6(2)8(9)5-4-7(3)10/h7H,4-5,10H2,1-3H3. The molecule has 0 aliphatic carbocycles. The molecule has 10 heavy (non-hydrogen) atoms. The van der Waals surface area contributed by atoms with Crippen molar-refractivity contribution < 1.29 is 0 Å². The molecule has 2 heteroatoms. The summed E-state index contributed by atoms with van der Waals surface area (Å²) in [5, 5.41) is 0. The molecule has 0 spiro atoms. The summed E-state index contributed by atoms with van der Waals surface area (Å²) in [6.07, 6.45) is 2.13. The average Bonchev–Trinajstić information content (AvgIpc) is 1.82. The highest BCUT2D eigenvalue weighted by Crippen LogP contribution is 2.17. The minimum Gasteiger partial charge on any atom is -0.328 e. The topological polar surface area (TPSA) is 26.0 Å². The quantitative estimate of drug-likeness (QED) is 0.754. The van der Waals surface area contributed by atoms with Crippen LogP contribution in [0.5, 0.6) is 0 Å². The van der Waals surface area contributed by atoms with Crippen LogP contribution < -0.4 is 5.73 Å². The largest absolute Gasteiger partial charge is 0.328 e. The summed E-state index contributed by atoms with van der Waals surface area (Å²) in [6.45, 7) is 6.24. The van der Waals surface area contributed by atoms with E-state index < -0.39 is 0 Å². The Kier molecular flexibility index (Phi) is 5.00. The summed E-state index contributed by atoms with van der Waals surface area (Å²) in [5.41, 5.74) is 6.95. The molecule has 0 aromatic heterocycles. The SMILES string of the molecule is CC(C)=C(Br)CCC(C)N. The van der Waals surface area contributed by atoms with Crippen LogP contribution in [0.4, 0.5) is 0 Å². The molecule has 60 valence electrons.